The third kappa shape index (κ3) is 2.07. The van der Waals surface area contributed by atoms with Crippen LogP contribution in [0.2, 0.25) is 0 Å². The number of aromatic nitrogens is 1. The van der Waals surface area contributed by atoms with Crippen LogP contribution in [0.5, 0.6) is 5.75 Å². The van der Waals surface area contributed by atoms with E-state index in [0.717, 1.165) is 11.2 Å². The number of nitrogens with zero attached hydrogens (tertiary/aromatic N) is 1. The minimum absolute atomic E-state index is 0.164. The summed E-state index contributed by atoms with van der Waals surface area (Å²) in [5.41, 5.74) is 5.64. The lowest BCUT2D eigenvalue weighted by atomic mass is 10.0. The summed E-state index contributed by atoms with van der Waals surface area (Å²) in [7, 11) is 0. The second kappa shape index (κ2) is 4.85. The van der Waals surface area contributed by atoms with Crippen LogP contribution in [-0.2, 0) is 0 Å². The van der Waals surface area contributed by atoms with Gasteiger partial charge in [-0.25, -0.2) is 4.39 Å². The van der Waals surface area contributed by atoms with Gasteiger partial charge in [0, 0.05) is 16.8 Å². The van der Waals surface area contributed by atoms with Crippen molar-refractivity contribution in [1.82, 2.24) is 4.57 Å². The topological polar surface area (TPSA) is 25.2 Å². The summed E-state index contributed by atoms with van der Waals surface area (Å²) in [6.07, 6.45) is 4.91. The van der Waals surface area contributed by atoms with Crippen LogP contribution in [-0.4, -0.2) is 9.67 Å². The molecule has 122 valence electrons. The number of hydrogen-bond acceptors (Lipinski definition) is 1. The average molecular weight is 321 g/mol. The Kier molecular flexibility index (Phi) is 2.85. The van der Waals surface area contributed by atoms with Crippen molar-refractivity contribution in [2.24, 2.45) is 0 Å². The van der Waals surface area contributed by atoms with Crippen molar-refractivity contribution in [2.75, 3.05) is 0 Å². The minimum atomic E-state index is -0.164. The van der Waals surface area contributed by atoms with Crippen molar-refractivity contribution in [1.29, 1.82) is 0 Å². The van der Waals surface area contributed by atoms with Crippen LogP contribution in [0.15, 0.2) is 36.4 Å². The molecule has 0 spiro atoms. The van der Waals surface area contributed by atoms with E-state index in [1.807, 2.05) is 31.2 Å². The molecule has 2 nitrogen and oxygen atoms in total. The molecule has 3 aromatic rings. The molecule has 1 N–H and O–H groups in total. The van der Waals surface area contributed by atoms with Crippen molar-refractivity contribution in [3.8, 4) is 11.4 Å². The van der Waals surface area contributed by atoms with Gasteiger partial charge in [-0.15, -0.1) is 0 Å². The maximum Gasteiger partial charge on any atom is 0.126 e. The molecule has 2 saturated carbocycles. The highest BCUT2D eigenvalue weighted by Gasteiger charge is 2.38. The molecule has 24 heavy (non-hydrogen) atoms. The number of benzene rings is 2. The van der Waals surface area contributed by atoms with Crippen molar-refractivity contribution in [3.05, 3.63) is 59.0 Å². The summed E-state index contributed by atoms with van der Waals surface area (Å²) in [5.74, 6) is 1.37. The molecule has 0 radical (unpaired) electrons. The van der Waals surface area contributed by atoms with Crippen LogP contribution < -0.4 is 0 Å². The summed E-state index contributed by atoms with van der Waals surface area (Å²) in [5, 5.41) is 11.2. The standard InChI is InChI=1S/C21H20FNO/c1-12-10-15(6-8-18(12)22)23-19-9-7-16(24)11-17(19)20(13-2-3-13)21(23)14-4-5-14/h6-11,13-14,24H,2-5H2,1H3. The summed E-state index contributed by atoms with van der Waals surface area (Å²) >= 11 is 0. The Hall–Kier alpha value is -2.29. The van der Waals surface area contributed by atoms with Gasteiger partial charge in [-0.3, -0.25) is 0 Å². The van der Waals surface area contributed by atoms with Gasteiger partial charge in [0.2, 0.25) is 0 Å². The highest BCUT2D eigenvalue weighted by atomic mass is 19.1. The molecule has 0 aliphatic heterocycles. The highest BCUT2D eigenvalue weighted by Crippen LogP contribution is 2.53. The van der Waals surface area contributed by atoms with Crippen LogP contribution >= 0.6 is 0 Å². The molecule has 1 aromatic heterocycles. The van der Waals surface area contributed by atoms with E-state index in [4.69, 9.17) is 0 Å². The minimum Gasteiger partial charge on any atom is -0.508 e. The lowest BCUT2D eigenvalue weighted by Crippen LogP contribution is -2.01. The number of rotatable bonds is 3. The molecule has 5 rings (SSSR count). The zero-order valence-corrected chi connectivity index (χ0v) is 13.7. The largest absolute Gasteiger partial charge is 0.508 e. The van der Waals surface area contributed by atoms with Gasteiger partial charge in [-0.1, -0.05) is 0 Å². The first-order valence-electron chi connectivity index (χ1n) is 8.77. The molecule has 2 aromatic carbocycles. The van der Waals surface area contributed by atoms with E-state index in [2.05, 4.69) is 4.57 Å². The average Bonchev–Trinajstić information content (AvgIpc) is 3.46. The smallest absolute Gasteiger partial charge is 0.126 e. The maximum absolute atomic E-state index is 13.8. The summed E-state index contributed by atoms with van der Waals surface area (Å²) in [4.78, 5) is 0. The molecule has 0 atom stereocenters. The van der Waals surface area contributed by atoms with Gasteiger partial charge in [0.05, 0.1) is 5.52 Å². The van der Waals surface area contributed by atoms with E-state index in [-0.39, 0.29) is 5.82 Å². The van der Waals surface area contributed by atoms with E-state index in [0.29, 0.717) is 23.1 Å². The monoisotopic (exact) mass is 321 g/mol. The number of fused-ring (bicyclic) bond motifs is 1. The second-order valence-corrected chi connectivity index (χ2v) is 7.32. The van der Waals surface area contributed by atoms with Gasteiger partial charge >= 0.3 is 0 Å². The summed E-state index contributed by atoms with van der Waals surface area (Å²) < 4.78 is 16.1. The fourth-order valence-corrected chi connectivity index (χ4v) is 3.93. The van der Waals surface area contributed by atoms with E-state index in [1.165, 1.54) is 42.3 Å². The molecule has 0 bridgehead atoms. The Balaban J connectivity index is 1.86. The fourth-order valence-electron chi connectivity index (χ4n) is 3.93. The van der Waals surface area contributed by atoms with Gasteiger partial charge < -0.3 is 9.67 Å². The lowest BCUT2D eigenvalue weighted by Gasteiger charge is -2.13. The Morgan fingerprint density at radius 1 is 1.00 bits per heavy atom. The predicted octanol–water partition coefficient (Wildman–Crippen LogP) is 5.54. The second-order valence-electron chi connectivity index (χ2n) is 7.32. The highest BCUT2D eigenvalue weighted by molar-refractivity contribution is 5.90. The van der Waals surface area contributed by atoms with Gasteiger partial charge in [0.25, 0.3) is 0 Å². The zero-order chi connectivity index (χ0) is 16.4. The molecular formula is C21H20FNO. The van der Waals surface area contributed by atoms with E-state index < -0.39 is 0 Å². The molecule has 2 aliphatic rings. The molecule has 0 unspecified atom stereocenters. The van der Waals surface area contributed by atoms with E-state index >= 15 is 0 Å². The van der Waals surface area contributed by atoms with Crippen molar-refractivity contribution < 1.29 is 9.50 Å². The lowest BCUT2D eigenvalue weighted by molar-refractivity contribution is 0.476. The first-order valence-corrected chi connectivity index (χ1v) is 8.77. The van der Waals surface area contributed by atoms with Gasteiger partial charge in [-0.2, -0.15) is 0 Å². The van der Waals surface area contributed by atoms with Crippen LogP contribution in [0.4, 0.5) is 4.39 Å². The zero-order valence-electron chi connectivity index (χ0n) is 13.7. The van der Waals surface area contributed by atoms with Crippen LogP contribution in [0, 0.1) is 12.7 Å². The Bertz CT molecular complexity index is 964. The first-order chi connectivity index (χ1) is 11.6. The summed E-state index contributed by atoms with van der Waals surface area (Å²) in [6, 6.07) is 11.0. The van der Waals surface area contributed by atoms with Crippen molar-refractivity contribution in [2.45, 2.75) is 44.4 Å². The summed E-state index contributed by atoms with van der Waals surface area (Å²) in [6.45, 7) is 1.81. The Morgan fingerprint density at radius 2 is 1.75 bits per heavy atom. The van der Waals surface area contributed by atoms with E-state index in [1.54, 1.807) is 12.1 Å². The number of aryl methyl sites for hydroxylation is 1. The van der Waals surface area contributed by atoms with Crippen molar-refractivity contribution >= 4 is 10.9 Å². The Labute approximate surface area is 140 Å². The van der Waals surface area contributed by atoms with Crippen molar-refractivity contribution in [3.63, 3.8) is 0 Å². The maximum atomic E-state index is 13.8. The van der Waals surface area contributed by atoms with Crippen LogP contribution in [0.1, 0.15) is 54.3 Å². The number of hydrogen-bond donors (Lipinski definition) is 1. The van der Waals surface area contributed by atoms with Crippen LogP contribution in [0.25, 0.3) is 16.6 Å². The molecular weight excluding hydrogens is 301 g/mol. The van der Waals surface area contributed by atoms with Gasteiger partial charge in [-0.05, 0) is 92.0 Å². The molecule has 0 amide bonds. The molecule has 3 heteroatoms. The van der Waals surface area contributed by atoms with Gasteiger partial charge in [0.1, 0.15) is 11.6 Å². The molecule has 1 heterocycles. The number of phenols is 1. The molecule has 2 fully saturated rings. The van der Waals surface area contributed by atoms with Crippen LogP contribution in [0.3, 0.4) is 0 Å². The number of aromatic hydroxyl groups is 1. The van der Waals surface area contributed by atoms with E-state index in [9.17, 15) is 9.50 Å². The first kappa shape index (κ1) is 14.1. The third-order valence-corrected chi connectivity index (χ3v) is 5.38. The Morgan fingerprint density at radius 3 is 2.42 bits per heavy atom. The normalized spacial score (nSPS) is 17.6. The quantitative estimate of drug-likeness (QED) is 0.673. The number of halogens is 1. The fraction of sp³-hybridized carbons (Fsp3) is 0.333. The SMILES string of the molecule is Cc1cc(-n2c(C3CC3)c(C3CC3)c3cc(O)ccc32)ccc1F. The van der Waals surface area contributed by atoms with Gasteiger partial charge in [0.15, 0.2) is 0 Å². The predicted molar refractivity (Wildman–Crippen MR) is 93.6 cm³/mol. The third-order valence-electron chi connectivity index (χ3n) is 5.38. The molecule has 2 aliphatic carbocycles. The molecule has 0 saturated heterocycles. The number of phenolic OH excluding ortho intramolecular Hbond substituents is 1.